The number of hydrogen-bond acceptors (Lipinski definition) is 9. The zero-order valence-corrected chi connectivity index (χ0v) is 19.3. The summed E-state index contributed by atoms with van der Waals surface area (Å²) >= 11 is 0. The molecule has 0 spiro atoms. The summed E-state index contributed by atoms with van der Waals surface area (Å²) in [6.45, 7) is 1.98. The first-order valence-electron chi connectivity index (χ1n) is 11.0. The standard InChI is InChI=1S/C21H17N3O2.C5H5N5/c1-2-19-23-18-10-6-9-17(14-11-16(25)13-22-12-14)20(18)21(26)24(19)15-7-4-3-5-8-15;6-1-3-2-9-5(8)10-4(3)7/h3-13,25H,2H2,1H3;2H,(H4,7,8,9,10). The van der Waals surface area contributed by atoms with Crippen molar-refractivity contribution in [2.45, 2.75) is 13.3 Å². The summed E-state index contributed by atoms with van der Waals surface area (Å²) in [5, 5.41) is 18.6. The minimum atomic E-state index is -0.128. The van der Waals surface area contributed by atoms with Crippen molar-refractivity contribution in [3.05, 3.63) is 94.9 Å². The van der Waals surface area contributed by atoms with Gasteiger partial charge in [0.25, 0.3) is 5.56 Å². The van der Waals surface area contributed by atoms with E-state index in [-0.39, 0.29) is 28.6 Å². The molecule has 0 radical (unpaired) electrons. The number of aromatic nitrogens is 5. The van der Waals surface area contributed by atoms with E-state index in [9.17, 15) is 9.90 Å². The number of nitrogens with two attached hydrogens (primary N) is 2. The highest BCUT2D eigenvalue weighted by Gasteiger charge is 2.15. The van der Waals surface area contributed by atoms with Gasteiger partial charge in [-0.1, -0.05) is 37.3 Å². The van der Waals surface area contributed by atoms with Crippen LogP contribution in [0.1, 0.15) is 18.3 Å². The molecule has 0 saturated heterocycles. The Bertz CT molecular complexity index is 1640. The molecule has 5 aromatic rings. The third-order valence-electron chi connectivity index (χ3n) is 5.29. The second kappa shape index (κ2) is 10.3. The van der Waals surface area contributed by atoms with Crippen molar-refractivity contribution in [2.75, 3.05) is 11.5 Å². The lowest BCUT2D eigenvalue weighted by Crippen LogP contribution is -2.24. The van der Waals surface area contributed by atoms with Crippen LogP contribution in [-0.4, -0.2) is 29.6 Å². The van der Waals surface area contributed by atoms with Crippen molar-refractivity contribution in [3.8, 4) is 28.6 Å². The second-order valence-electron chi connectivity index (χ2n) is 7.63. The van der Waals surface area contributed by atoms with E-state index < -0.39 is 0 Å². The van der Waals surface area contributed by atoms with Crippen molar-refractivity contribution in [2.24, 2.45) is 0 Å². The Morgan fingerprint density at radius 2 is 1.81 bits per heavy atom. The van der Waals surface area contributed by atoms with E-state index in [1.165, 1.54) is 12.4 Å². The molecule has 10 heteroatoms. The van der Waals surface area contributed by atoms with Crippen molar-refractivity contribution < 1.29 is 5.11 Å². The molecule has 0 saturated carbocycles. The monoisotopic (exact) mass is 478 g/mol. The molecule has 5 N–H and O–H groups in total. The van der Waals surface area contributed by atoms with Gasteiger partial charge in [-0.3, -0.25) is 14.3 Å². The zero-order chi connectivity index (χ0) is 25.7. The van der Waals surface area contributed by atoms with Crippen LogP contribution >= 0.6 is 0 Å². The number of nitrogen functional groups attached to an aromatic ring is 2. The Hall–Kier alpha value is -5.30. The number of benzene rings is 2. The fourth-order valence-electron chi connectivity index (χ4n) is 3.67. The van der Waals surface area contributed by atoms with Crippen LogP contribution in [0.3, 0.4) is 0 Å². The first-order valence-corrected chi connectivity index (χ1v) is 11.0. The number of nitrogens with zero attached hydrogens (tertiary/aromatic N) is 6. The molecule has 3 heterocycles. The average Bonchev–Trinajstić information content (AvgIpc) is 2.89. The number of aryl methyl sites for hydroxylation is 1. The van der Waals surface area contributed by atoms with Crippen LogP contribution in [0.15, 0.2) is 78.0 Å². The van der Waals surface area contributed by atoms with Gasteiger partial charge in [-0.05, 0) is 29.8 Å². The van der Waals surface area contributed by atoms with Gasteiger partial charge in [-0.15, -0.1) is 0 Å². The first-order chi connectivity index (χ1) is 17.4. The maximum atomic E-state index is 13.4. The van der Waals surface area contributed by atoms with Crippen LogP contribution in [0.5, 0.6) is 5.75 Å². The SMILES string of the molecule is CCc1nc2cccc(-c3cncc(O)c3)c2c(=O)n1-c1ccccc1.N#Cc1cnc(N)nc1N. The Labute approximate surface area is 206 Å². The maximum Gasteiger partial charge on any atom is 0.266 e. The molecule has 36 heavy (non-hydrogen) atoms. The molecule has 0 aliphatic rings. The molecule has 0 aliphatic carbocycles. The molecule has 0 unspecified atom stereocenters. The average molecular weight is 479 g/mol. The number of fused-ring (bicyclic) bond motifs is 1. The number of rotatable bonds is 3. The van der Waals surface area contributed by atoms with Gasteiger partial charge < -0.3 is 16.6 Å². The Balaban J connectivity index is 0.000000256. The number of hydrogen-bond donors (Lipinski definition) is 3. The van der Waals surface area contributed by atoms with Crippen LogP contribution in [0.25, 0.3) is 27.7 Å². The molecule has 2 aromatic carbocycles. The normalized spacial score (nSPS) is 10.3. The molecule has 10 nitrogen and oxygen atoms in total. The summed E-state index contributed by atoms with van der Waals surface area (Å²) in [5.41, 5.74) is 13.4. The zero-order valence-electron chi connectivity index (χ0n) is 19.3. The molecule has 3 aromatic heterocycles. The van der Waals surface area contributed by atoms with Gasteiger partial charge in [-0.2, -0.15) is 10.2 Å². The van der Waals surface area contributed by atoms with E-state index in [0.717, 1.165) is 5.69 Å². The Kier molecular flexibility index (Phi) is 6.83. The van der Waals surface area contributed by atoms with E-state index in [2.05, 4.69) is 15.0 Å². The summed E-state index contributed by atoms with van der Waals surface area (Å²) in [7, 11) is 0. The fraction of sp³-hybridized carbons (Fsp3) is 0.0769. The summed E-state index contributed by atoms with van der Waals surface area (Å²) in [5.74, 6) is 0.965. The predicted molar refractivity (Wildman–Crippen MR) is 137 cm³/mol. The van der Waals surface area contributed by atoms with Crippen molar-refractivity contribution in [1.29, 1.82) is 5.26 Å². The highest BCUT2D eigenvalue weighted by atomic mass is 16.3. The third kappa shape index (κ3) is 4.80. The predicted octanol–water partition coefficient (Wildman–Crippen LogP) is 3.23. The minimum absolute atomic E-state index is 0.0565. The lowest BCUT2D eigenvalue weighted by molar-refractivity contribution is 0.473. The number of nitriles is 1. The summed E-state index contributed by atoms with van der Waals surface area (Å²) in [4.78, 5) is 29.3. The molecule has 0 bridgehead atoms. The van der Waals surface area contributed by atoms with E-state index in [0.29, 0.717) is 34.3 Å². The molecule has 178 valence electrons. The number of para-hydroxylation sites is 1. The topological polar surface area (TPSA) is 170 Å². The van der Waals surface area contributed by atoms with Crippen LogP contribution in [-0.2, 0) is 6.42 Å². The molecule has 0 aliphatic heterocycles. The van der Waals surface area contributed by atoms with Crippen molar-refractivity contribution >= 4 is 22.7 Å². The molecule has 0 amide bonds. The number of anilines is 2. The molecule has 0 fully saturated rings. The van der Waals surface area contributed by atoms with Crippen molar-refractivity contribution in [1.82, 2.24) is 24.5 Å². The first kappa shape index (κ1) is 23.8. The van der Waals surface area contributed by atoms with Gasteiger partial charge in [0, 0.05) is 18.2 Å². The van der Waals surface area contributed by atoms with E-state index in [1.807, 2.05) is 61.5 Å². The Morgan fingerprint density at radius 3 is 2.47 bits per heavy atom. The quantitative estimate of drug-likeness (QED) is 0.352. The van der Waals surface area contributed by atoms with Crippen molar-refractivity contribution in [3.63, 3.8) is 0 Å². The third-order valence-corrected chi connectivity index (χ3v) is 5.29. The van der Waals surface area contributed by atoms with E-state index in [4.69, 9.17) is 21.7 Å². The van der Waals surface area contributed by atoms with Gasteiger partial charge in [-0.25, -0.2) is 9.97 Å². The lowest BCUT2D eigenvalue weighted by Gasteiger charge is -2.14. The van der Waals surface area contributed by atoms with Crippen LogP contribution < -0.4 is 17.0 Å². The minimum Gasteiger partial charge on any atom is -0.506 e. The van der Waals surface area contributed by atoms with Gasteiger partial charge in [0.1, 0.15) is 29.0 Å². The van der Waals surface area contributed by atoms with E-state index in [1.54, 1.807) is 16.8 Å². The molecule has 5 rings (SSSR count). The summed E-state index contributed by atoms with van der Waals surface area (Å²) in [6.07, 6.45) is 4.93. The highest BCUT2D eigenvalue weighted by molar-refractivity contribution is 5.94. The summed E-state index contributed by atoms with van der Waals surface area (Å²) in [6, 6.07) is 18.5. The van der Waals surface area contributed by atoms with Gasteiger partial charge in [0.15, 0.2) is 0 Å². The van der Waals surface area contributed by atoms with Gasteiger partial charge >= 0.3 is 0 Å². The summed E-state index contributed by atoms with van der Waals surface area (Å²) < 4.78 is 1.65. The number of aromatic hydroxyl groups is 1. The second-order valence-corrected chi connectivity index (χ2v) is 7.63. The molecular formula is C26H22N8O2. The Morgan fingerprint density at radius 1 is 1.03 bits per heavy atom. The molecular weight excluding hydrogens is 456 g/mol. The smallest absolute Gasteiger partial charge is 0.266 e. The number of pyridine rings is 1. The molecule has 0 atom stereocenters. The maximum absolute atomic E-state index is 13.4. The van der Waals surface area contributed by atoms with Crippen LogP contribution in [0, 0.1) is 11.3 Å². The fourth-order valence-corrected chi connectivity index (χ4v) is 3.67. The van der Waals surface area contributed by atoms with E-state index >= 15 is 0 Å². The largest absolute Gasteiger partial charge is 0.506 e. The van der Waals surface area contributed by atoms with Crippen LogP contribution in [0.4, 0.5) is 11.8 Å². The van der Waals surface area contributed by atoms with Gasteiger partial charge in [0.2, 0.25) is 5.95 Å². The van der Waals surface area contributed by atoms with Gasteiger partial charge in [0.05, 0.1) is 29.0 Å². The van der Waals surface area contributed by atoms with Crippen LogP contribution in [0.2, 0.25) is 0 Å². The highest BCUT2D eigenvalue weighted by Crippen LogP contribution is 2.28. The lowest BCUT2D eigenvalue weighted by atomic mass is 10.0.